The SMILES string of the molecule is C.CCOC(=O)c1cc(N)n(Cc2ccccc2F)n1.CCOC(=O)c1nn(Cc2ccccc2F)c2ncccc12.CN(C)/C=C/C=O.II.[HH]. The lowest BCUT2D eigenvalue weighted by Crippen LogP contribution is -2.09. The van der Waals surface area contributed by atoms with E-state index in [2.05, 4.69) is 52.4 Å². The number of aldehydes is 1. The Kier molecular flexibility index (Phi) is 20.8. The fourth-order valence-corrected chi connectivity index (χ4v) is 4.12. The first kappa shape index (κ1) is 44.6. The zero-order valence-electron chi connectivity index (χ0n) is 27.8. The van der Waals surface area contributed by atoms with Crippen molar-refractivity contribution in [2.24, 2.45) is 0 Å². The molecule has 276 valence electrons. The van der Waals surface area contributed by atoms with Crippen molar-refractivity contribution in [2.45, 2.75) is 34.4 Å². The third-order valence-electron chi connectivity index (χ3n) is 6.29. The number of esters is 2. The normalized spacial score (nSPS) is 9.96. The molecule has 0 saturated heterocycles. The lowest BCUT2D eigenvalue weighted by Gasteiger charge is -2.05. The standard InChI is InChI=1S/C16H14FN3O2.C13H14FN3O2.C5H9NO.CH4.I2.H2/c1-2-22-16(21)14-12-7-5-9-18-15(12)20(19-14)10-11-6-3-4-8-13(11)17;1-2-19-13(18)11-7-12(15)17(16-11)8-9-5-3-4-6-10(9)14;1-6(2)4-3-5-7;;1-2;/h3-9H,2,10H2,1H3;3-7H,2,8,15H2,1H3;3-5H,1-2H3;1H4;;1H/b;;4-3+;;;. The van der Waals surface area contributed by atoms with Crippen LogP contribution in [-0.4, -0.2) is 75.0 Å². The Hall–Kier alpha value is -4.46. The highest BCUT2D eigenvalue weighted by Crippen LogP contribution is 2.19. The van der Waals surface area contributed by atoms with Gasteiger partial charge in [0.2, 0.25) is 0 Å². The molecule has 0 aliphatic heterocycles. The Bertz CT molecular complexity index is 1870. The predicted molar refractivity (Wildman–Crippen MR) is 213 cm³/mol. The first-order valence-electron chi connectivity index (χ1n) is 15.0. The number of halogens is 4. The van der Waals surface area contributed by atoms with Crippen LogP contribution in [0.1, 0.15) is 54.8 Å². The molecule has 5 rings (SSSR count). The van der Waals surface area contributed by atoms with Crippen LogP contribution < -0.4 is 5.73 Å². The van der Waals surface area contributed by atoms with Crippen LogP contribution in [0.2, 0.25) is 0 Å². The summed E-state index contributed by atoms with van der Waals surface area (Å²) >= 11 is 4.24. The number of pyridine rings is 1. The van der Waals surface area contributed by atoms with E-state index in [1.807, 2.05) is 14.1 Å². The molecule has 0 aliphatic carbocycles. The second-order valence-electron chi connectivity index (χ2n) is 10.1. The molecule has 16 heteroatoms. The van der Waals surface area contributed by atoms with Gasteiger partial charge in [0.25, 0.3) is 0 Å². The Balaban J connectivity index is 0.000000795. The number of ether oxygens (including phenoxy) is 2. The average molecular weight is 934 g/mol. The fourth-order valence-electron chi connectivity index (χ4n) is 4.12. The quantitative estimate of drug-likeness (QED) is 0.0645. The number of anilines is 1. The van der Waals surface area contributed by atoms with Gasteiger partial charge in [-0.15, -0.1) is 0 Å². The number of hydrogen-bond donors (Lipinski definition) is 1. The maximum absolute atomic E-state index is 13.8. The van der Waals surface area contributed by atoms with E-state index < -0.39 is 11.9 Å². The maximum Gasteiger partial charge on any atom is 0.359 e. The number of allylic oxidation sites excluding steroid dienone is 1. The van der Waals surface area contributed by atoms with Gasteiger partial charge >= 0.3 is 11.9 Å². The number of nitrogens with two attached hydrogens (primary N) is 1. The van der Waals surface area contributed by atoms with Crippen molar-refractivity contribution in [1.29, 1.82) is 0 Å². The smallest absolute Gasteiger partial charge is 0.359 e. The van der Waals surface area contributed by atoms with Gasteiger partial charge in [0.15, 0.2) is 17.0 Å². The Labute approximate surface area is 320 Å². The molecule has 3 aromatic heterocycles. The molecule has 0 amide bonds. The summed E-state index contributed by atoms with van der Waals surface area (Å²) in [6.07, 6.45) is 5.49. The lowest BCUT2D eigenvalue weighted by atomic mass is 10.2. The minimum absolute atomic E-state index is 0. The minimum Gasteiger partial charge on any atom is -0.461 e. The minimum atomic E-state index is -0.540. The Morgan fingerprint density at radius 2 is 1.43 bits per heavy atom. The van der Waals surface area contributed by atoms with Crippen molar-refractivity contribution in [2.75, 3.05) is 33.0 Å². The zero-order valence-corrected chi connectivity index (χ0v) is 32.1. The van der Waals surface area contributed by atoms with Crippen LogP contribution in [0.5, 0.6) is 0 Å². The number of carbonyl (C=O) groups is 3. The number of nitrogen functional groups attached to an aromatic ring is 1. The second-order valence-corrected chi connectivity index (χ2v) is 10.1. The number of carbonyl (C=O) groups excluding carboxylic acids is 3. The van der Waals surface area contributed by atoms with Gasteiger partial charge in [-0.1, -0.05) is 43.8 Å². The molecule has 0 saturated carbocycles. The Morgan fingerprint density at radius 3 is 1.94 bits per heavy atom. The van der Waals surface area contributed by atoms with E-state index in [4.69, 9.17) is 15.2 Å². The highest BCUT2D eigenvalue weighted by atomic mass is 128. The third kappa shape index (κ3) is 14.0. The molecule has 2 N–H and O–H groups in total. The van der Waals surface area contributed by atoms with Gasteiger partial charge in [-0.2, -0.15) is 10.2 Å². The van der Waals surface area contributed by atoms with Crippen LogP contribution in [0.15, 0.2) is 85.2 Å². The van der Waals surface area contributed by atoms with Crippen molar-refractivity contribution in [1.82, 2.24) is 29.4 Å². The molecule has 0 bridgehead atoms. The number of nitrogens with zero attached hydrogens (tertiary/aromatic N) is 6. The molecule has 12 nitrogen and oxygen atoms in total. The van der Waals surface area contributed by atoms with E-state index in [9.17, 15) is 23.2 Å². The van der Waals surface area contributed by atoms with Crippen LogP contribution in [-0.2, 0) is 27.4 Å². The molecule has 0 fully saturated rings. The van der Waals surface area contributed by atoms with Gasteiger partial charge in [0, 0.05) is 82.3 Å². The first-order valence-corrected chi connectivity index (χ1v) is 21.3. The summed E-state index contributed by atoms with van der Waals surface area (Å²) in [4.78, 5) is 39.1. The summed E-state index contributed by atoms with van der Waals surface area (Å²) in [5.41, 5.74) is 7.51. The van der Waals surface area contributed by atoms with Crippen molar-refractivity contribution in [3.63, 3.8) is 0 Å². The molecule has 51 heavy (non-hydrogen) atoms. The molecule has 2 aromatic carbocycles. The summed E-state index contributed by atoms with van der Waals surface area (Å²) in [7, 11) is 3.72. The Morgan fingerprint density at radius 1 is 0.882 bits per heavy atom. The van der Waals surface area contributed by atoms with Crippen LogP contribution in [0.25, 0.3) is 11.0 Å². The van der Waals surface area contributed by atoms with Crippen molar-refractivity contribution in [3.05, 3.63) is 119 Å². The molecular weight excluding hydrogens is 890 g/mol. The number of hydrogen-bond acceptors (Lipinski definition) is 10. The van der Waals surface area contributed by atoms with Crippen LogP contribution in [0.3, 0.4) is 0 Å². The molecule has 0 aliphatic rings. The number of benzene rings is 2. The summed E-state index contributed by atoms with van der Waals surface area (Å²) in [5.74, 6) is -1.42. The van der Waals surface area contributed by atoms with Crippen LogP contribution in [0.4, 0.5) is 14.6 Å². The molecule has 5 aromatic rings. The van der Waals surface area contributed by atoms with Crippen molar-refractivity contribution in [3.8, 4) is 0 Å². The van der Waals surface area contributed by atoms with Gasteiger partial charge in [-0.05, 0) is 44.2 Å². The fraction of sp³-hybridized carbons (Fsp3) is 0.257. The highest BCUT2D eigenvalue weighted by molar-refractivity contribution is 15.0. The zero-order chi connectivity index (χ0) is 37.1. The first-order chi connectivity index (χ1) is 24.1. The van der Waals surface area contributed by atoms with E-state index >= 15 is 0 Å². The van der Waals surface area contributed by atoms with Crippen molar-refractivity contribution >= 4 is 72.3 Å². The highest BCUT2D eigenvalue weighted by Gasteiger charge is 2.19. The van der Waals surface area contributed by atoms with Crippen LogP contribution in [0, 0.1) is 11.6 Å². The van der Waals surface area contributed by atoms with E-state index in [0.717, 1.165) is 6.29 Å². The molecule has 0 spiro atoms. The van der Waals surface area contributed by atoms with Gasteiger partial charge in [-0.25, -0.2) is 32.7 Å². The van der Waals surface area contributed by atoms with E-state index in [1.165, 1.54) is 33.6 Å². The summed E-state index contributed by atoms with van der Waals surface area (Å²) in [5, 5.41) is 8.87. The maximum atomic E-state index is 13.8. The topological polar surface area (TPSA) is 147 Å². The average Bonchev–Trinajstić information content (AvgIpc) is 3.67. The summed E-state index contributed by atoms with van der Waals surface area (Å²) < 4.78 is 40.0. The van der Waals surface area contributed by atoms with Gasteiger partial charge in [0.1, 0.15) is 23.7 Å². The molecular formula is C35H43F2I2N7O5. The number of rotatable bonds is 10. The van der Waals surface area contributed by atoms with E-state index in [1.54, 1.807) is 79.7 Å². The largest absolute Gasteiger partial charge is 0.461 e. The summed E-state index contributed by atoms with van der Waals surface area (Å²) in [6.45, 7) is 4.32. The van der Waals surface area contributed by atoms with Crippen molar-refractivity contribution < 1.29 is 34.1 Å². The predicted octanol–water partition coefficient (Wildman–Crippen LogP) is 7.54. The van der Waals surface area contributed by atoms with Crippen LogP contribution >= 0.6 is 37.2 Å². The second kappa shape index (κ2) is 23.9. The summed E-state index contributed by atoms with van der Waals surface area (Å²) in [6, 6.07) is 17.7. The van der Waals surface area contributed by atoms with E-state index in [0.29, 0.717) is 22.2 Å². The molecule has 3 heterocycles. The van der Waals surface area contributed by atoms with Gasteiger partial charge in [0.05, 0.1) is 31.7 Å². The third-order valence-corrected chi connectivity index (χ3v) is 6.29. The lowest BCUT2D eigenvalue weighted by molar-refractivity contribution is -0.104. The van der Waals surface area contributed by atoms with E-state index in [-0.39, 0.29) is 64.0 Å². The number of aromatic nitrogens is 5. The molecule has 0 atom stereocenters. The molecule has 0 unspecified atom stereocenters. The monoisotopic (exact) mass is 933 g/mol. The molecule has 0 radical (unpaired) electrons. The number of fused-ring (bicyclic) bond motifs is 1. The van der Waals surface area contributed by atoms with Gasteiger partial charge < -0.3 is 20.1 Å². The van der Waals surface area contributed by atoms with Gasteiger partial charge in [-0.3, -0.25) is 4.79 Å².